The number of anilines is 3. The summed E-state index contributed by atoms with van der Waals surface area (Å²) >= 11 is 0. The van der Waals surface area contributed by atoms with Crippen molar-refractivity contribution in [2.75, 3.05) is 4.90 Å². The molecular weight excluding hydrogens is 843 g/mol. The van der Waals surface area contributed by atoms with Crippen molar-refractivity contribution in [2.45, 2.75) is 57.8 Å². The van der Waals surface area contributed by atoms with Gasteiger partial charge in [-0.25, -0.2) is 0 Å². The van der Waals surface area contributed by atoms with E-state index in [1.54, 1.807) is 0 Å². The Balaban J connectivity index is 1.01. The zero-order valence-corrected chi connectivity index (χ0v) is 40.8. The van der Waals surface area contributed by atoms with Crippen LogP contribution in [0.3, 0.4) is 0 Å². The molecule has 0 aromatic heterocycles. The highest BCUT2D eigenvalue weighted by Gasteiger charge is 2.38. The topological polar surface area (TPSA) is 3.24 Å². The summed E-state index contributed by atoms with van der Waals surface area (Å²) < 4.78 is 0. The monoisotopic (exact) mass is 897 g/mol. The molecule has 0 atom stereocenters. The van der Waals surface area contributed by atoms with Crippen LogP contribution in [0.25, 0.3) is 77.9 Å². The number of fused-ring (bicyclic) bond motifs is 9. The summed E-state index contributed by atoms with van der Waals surface area (Å²) in [5.74, 6) is 0. The highest BCUT2D eigenvalue weighted by Crippen LogP contribution is 2.54. The van der Waals surface area contributed by atoms with Crippen LogP contribution in [0.1, 0.15) is 74.9 Å². The van der Waals surface area contributed by atoms with Crippen molar-refractivity contribution in [3.05, 3.63) is 258 Å². The summed E-state index contributed by atoms with van der Waals surface area (Å²) in [5.41, 5.74) is 28.9. The Bertz CT molecular complexity index is 3540. The Kier molecular flexibility index (Phi) is 9.33. The third kappa shape index (κ3) is 6.31. The van der Waals surface area contributed by atoms with Crippen molar-refractivity contribution >= 4 is 17.1 Å². The van der Waals surface area contributed by atoms with E-state index in [0.717, 1.165) is 17.1 Å². The van der Waals surface area contributed by atoms with Crippen molar-refractivity contribution in [3.63, 3.8) is 0 Å². The van der Waals surface area contributed by atoms with Crippen LogP contribution >= 0.6 is 0 Å². The smallest absolute Gasteiger partial charge is 0.0468 e. The van der Waals surface area contributed by atoms with Gasteiger partial charge in [0, 0.05) is 33.3 Å². The average molecular weight is 898 g/mol. The van der Waals surface area contributed by atoms with Gasteiger partial charge in [0.05, 0.1) is 0 Å². The summed E-state index contributed by atoms with van der Waals surface area (Å²) in [4.78, 5) is 2.50. The van der Waals surface area contributed by atoms with Gasteiger partial charge in [0.15, 0.2) is 0 Å². The summed E-state index contributed by atoms with van der Waals surface area (Å²) in [6, 6.07) is 84.4. The van der Waals surface area contributed by atoms with Gasteiger partial charge in [-0.15, -0.1) is 0 Å². The third-order valence-corrected chi connectivity index (χ3v) is 16.3. The third-order valence-electron chi connectivity index (χ3n) is 16.3. The van der Waals surface area contributed by atoms with Gasteiger partial charge in [-0.05, 0) is 160 Å². The number of nitrogens with zero attached hydrogens (tertiary/aromatic N) is 1. The van der Waals surface area contributed by atoms with Crippen LogP contribution in [0, 0.1) is 0 Å². The van der Waals surface area contributed by atoms with Gasteiger partial charge in [-0.3, -0.25) is 0 Å². The number of hydrogen-bond acceptors (Lipinski definition) is 1. The maximum absolute atomic E-state index is 2.50. The molecule has 0 bridgehead atoms. The minimum atomic E-state index is -0.159. The molecule has 3 aliphatic carbocycles. The van der Waals surface area contributed by atoms with Crippen molar-refractivity contribution in [2.24, 2.45) is 0 Å². The lowest BCUT2D eigenvalue weighted by Gasteiger charge is -2.30. The van der Waals surface area contributed by atoms with Gasteiger partial charge < -0.3 is 4.90 Å². The quantitative estimate of drug-likeness (QED) is 0.154. The molecule has 0 spiro atoms. The predicted octanol–water partition coefficient (Wildman–Crippen LogP) is 18.7. The molecule has 336 valence electrons. The first-order valence-electron chi connectivity index (χ1n) is 24.9. The van der Waals surface area contributed by atoms with Gasteiger partial charge in [0.25, 0.3) is 0 Å². The molecule has 13 rings (SSSR count). The van der Waals surface area contributed by atoms with Gasteiger partial charge in [-0.2, -0.15) is 0 Å². The SMILES string of the molecule is CC1(C)c2ccccc2-c2ccc(-c3ccc(N(c4ccc(-c5ccc6c(c5)C(C)(C)c5ccccc5-6)c(-c5ccccc5)c4)c4ccc5c(c4)C(C)(C)c4ccccc4-5)cc3-c3ccccc3)cc21. The highest BCUT2D eigenvalue weighted by molar-refractivity contribution is 5.95. The molecule has 0 unspecified atom stereocenters. The van der Waals surface area contributed by atoms with E-state index in [1.807, 2.05) is 0 Å². The van der Waals surface area contributed by atoms with Crippen LogP contribution in [-0.2, 0) is 16.2 Å². The predicted molar refractivity (Wildman–Crippen MR) is 296 cm³/mol. The van der Waals surface area contributed by atoms with Crippen molar-refractivity contribution in [1.29, 1.82) is 0 Å². The Morgan fingerprint density at radius 3 is 0.914 bits per heavy atom. The van der Waals surface area contributed by atoms with Crippen LogP contribution in [0.4, 0.5) is 17.1 Å². The fourth-order valence-corrected chi connectivity index (χ4v) is 12.6. The lowest BCUT2D eigenvalue weighted by molar-refractivity contribution is 0.660. The van der Waals surface area contributed by atoms with E-state index >= 15 is 0 Å². The van der Waals surface area contributed by atoms with Crippen LogP contribution in [0.2, 0.25) is 0 Å². The molecule has 0 aliphatic heterocycles. The maximum atomic E-state index is 2.50. The van der Waals surface area contributed by atoms with Crippen molar-refractivity contribution in [3.8, 4) is 77.9 Å². The summed E-state index contributed by atoms with van der Waals surface area (Å²) in [7, 11) is 0. The highest BCUT2D eigenvalue weighted by atomic mass is 15.1. The first-order valence-corrected chi connectivity index (χ1v) is 24.9. The largest absolute Gasteiger partial charge is 0.310 e. The minimum absolute atomic E-state index is 0.101. The van der Waals surface area contributed by atoms with Crippen LogP contribution < -0.4 is 4.90 Å². The molecule has 3 aliphatic rings. The Labute approximate surface area is 413 Å². The summed E-state index contributed by atoms with van der Waals surface area (Å²) in [6.45, 7) is 14.2. The fourth-order valence-electron chi connectivity index (χ4n) is 12.6. The van der Waals surface area contributed by atoms with Crippen LogP contribution in [-0.4, -0.2) is 0 Å². The second-order valence-corrected chi connectivity index (χ2v) is 21.3. The Morgan fingerprint density at radius 2 is 0.514 bits per heavy atom. The standard InChI is InChI=1S/C69H55N/c1-67(2)61-26-16-13-23-53(61)56-34-29-46(39-64(56)67)51-36-31-48(41-59(51)44-19-9-7-10-20-44)70(50-33-38-58-55-25-15-18-28-63(55)69(5,6)66(58)43-50)49-32-37-52(60(42-49)45-21-11-8-12-22-45)47-30-35-57-54-24-14-17-27-62(54)68(3,4)65(57)40-47/h7-43H,1-6H3. The molecule has 70 heavy (non-hydrogen) atoms. The van der Waals surface area contributed by atoms with Crippen LogP contribution in [0.5, 0.6) is 0 Å². The fraction of sp³-hybridized carbons (Fsp3) is 0.130. The van der Waals surface area contributed by atoms with E-state index in [9.17, 15) is 0 Å². The molecule has 1 nitrogen and oxygen atoms in total. The van der Waals surface area contributed by atoms with Crippen LogP contribution in [0.15, 0.2) is 224 Å². The summed E-state index contributed by atoms with van der Waals surface area (Å²) in [6.07, 6.45) is 0. The zero-order chi connectivity index (χ0) is 47.5. The normalized spacial score (nSPS) is 14.8. The van der Waals surface area contributed by atoms with Gasteiger partial charge >= 0.3 is 0 Å². The van der Waals surface area contributed by atoms with E-state index in [-0.39, 0.29) is 16.2 Å². The molecule has 10 aromatic carbocycles. The molecule has 0 saturated carbocycles. The maximum Gasteiger partial charge on any atom is 0.0468 e. The molecule has 0 heterocycles. The van der Waals surface area contributed by atoms with E-state index in [0.29, 0.717) is 0 Å². The number of rotatable bonds is 7. The van der Waals surface area contributed by atoms with Crippen molar-refractivity contribution < 1.29 is 0 Å². The average Bonchev–Trinajstić information content (AvgIpc) is 3.88. The second kappa shape index (κ2) is 15.5. The number of hydrogen-bond donors (Lipinski definition) is 0. The van der Waals surface area contributed by atoms with E-state index in [4.69, 9.17) is 0 Å². The van der Waals surface area contributed by atoms with E-state index in [2.05, 4.69) is 271 Å². The molecule has 0 amide bonds. The van der Waals surface area contributed by atoms with Gasteiger partial charge in [0.1, 0.15) is 0 Å². The van der Waals surface area contributed by atoms with Crippen molar-refractivity contribution in [1.82, 2.24) is 0 Å². The molecular formula is C69H55N. The summed E-state index contributed by atoms with van der Waals surface area (Å²) in [5, 5.41) is 0. The Hall–Kier alpha value is -8.00. The molecule has 1 heteroatoms. The minimum Gasteiger partial charge on any atom is -0.310 e. The second-order valence-electron chi connectivity index (χ2n) is 21.3. The van der Waals surface area contributed by atoms with Gasteiger partial charge in [-0.1, -0.05) is 217 Å². The molecule has 0 N–H and O–H groups in total. The van der Waals surface area contributed by atoms with E-state index < -0.39 is 0 Å². The molecule has 0 radical (unpaired) electrons. The molecule has 0 saturated heterocycles. The Morgan fingerprint density at radius 1 is 0.214 bits per heavy atom. The zero-order valence-electron chi connectivity index (χ0n) is 40.8. The first kappa shape index (κ1) is 42.1. The molecule has 10 aromatic rings. The lowest BCUT2D eigenvalue weighted by Crippen LogP contribution is -2.16. The number of benzene rings is 10. The first-order chi connectivity index (χ1) is 34.0. The van der Waals surface area contributed by atoms with Gasteiger partial charge in [0.2, 0.25) is 0 Å². The molecule has 0 fully saturated rings. The lowest BCUT2D eigenvalue weighted by atomic mass is 9.81. The van der Waals surface area contributed by atoms with E-state index in [1.165, 1.54) is 111 Å².